The number of amides is 1. The molecule has 31 heavy (non-hydrogen) atoms. The molecule has 1 saturated carbocycles. The molecule has 2 aliphatic heterocycles. The van der Waals surface area contributed by atoms with E-state index >= 15 is 0 Å². The number of carboxylic acid groups (broad SMARTS) is 2. The molecule has 5 unspecified atom stereocenters. The van der Waals surface area contributed by atoms with Crippen molar-refractivity contribution in [2.24, 2.45) is 5.92 Å². The van der Waals surface area contributed by atoms with Gasteiger partial charge in [0.2, 0.25) is 11.6 Å². The Morgan fingerprint density at radius 3 is 2.61 bits per heavy atom. The van der Waals surface area contributed by atoms with Gasteiger partial charge in [0.1, 0.15) is 11.7 Å². The number of nitro groups is 1. The molecule has 0 bridgehead atoms. The zero-order chi connectivity index (χ0) is 22.6. The third-order valence-corrected chi connectivity index (χ3v) is 6.96. The molecule has 3 fully saturated rings. The molecule has 3 aliphatic rings. The maximum Gasteiger partial charge on any atom is 0.378 e. The fraction of sp³-hybridized carbons (Fsp3) is 0.526. The third kappa shape index (κ3) is 2.98. The van der Waals surface area contributed by atoms with Crippen LogP contribution in [-0.4, -0.2) is 66.9 Å². The normalized spacial score (nSPS) is 33.8. The van der Waals surface area contributed by atoms with Gasteiger partial charge >= 0.3 is 17.8 Å². The number of carbonyl (C=O) groups is 3. The van der Waals surface area contributed by atoms with Crippen LogP contribution in [-0.2, 0) is 21.0 Å². The summed E-state index contributed by atoms with van der Waals surface area (Å²) in [5.74, 6) is -3.79. The van der Waals surface area contributed by atoms with E-state index in [0.717, 1.165) is 0 Å². The average Bonchev–Trinajstić information content (AvgIpc) is 3.23. The number of carboxylic acids is 2. The first kappa shape index (κ1) is 21.2. The highest BCUT2D eigenvalue weighted by atomic mass is 16.6. The number of carbonyl (C=O) groups excluding carboxylic acids is 1. The van der Waals surface area contributed by atoms with Crippen LogP contribution >= 0.6 is 0 Å². The number of nitrogens with one attached hydrogen (secondary N) is 1. The Balaban J connectivity index is 1.49. The largest absolute Gasteiger partial charge is 0.508 e. The van der Waals surface area contributed by atoms with E-state index in [0.29, 0.717) is 13.0 Å². The number of quaternary nitrogens is 1. The summed E-state index contributed by atoms with van der Waals surface area (Å²) in [5.41, 5.74) is 1.55. The highest BCUT2D eigenvalue weighted by Crippen LogP contribution is 2.62. The van der Waals surface area contributed by atoms with Crippen LogP contribution < -0.4 is 5.48 Å². The van der Waals surface area contributed by atoms with E-state index in [1.54, 1.807) is 0 Å². The van der Waals surface area contributed by atoms with Crippen LogP contribution in [0.3, 0.4) is 0 Å². The van der Waals surface area contributed by atoms with E-state index in [-0.39, 0.29) is 53.1 Å². The number of benzene rings is 1. The molecule has 12 heteroatoms. The first-order chi connectivity index (χ1) is 14.6. The van der Waals surface area contributed by atoms with Gasteiger partial charge < -0.3 is 15.3 Å². The van der Waals surface area contributed by atoms with Crippen molar-refractivity contribution < 1.29 is 43.9 Å². The van der Waals surface area contributed by atoms with Crippen molar-refractivity contribution in [1.29, 1.82) is 0 Å². The Morgan fingerprint density at radius 1 is 1.29 bits per heavy atom. The number of phenols is 1. The fourth-order valence-electron chi connectivity index (χ4n) is 5.36. The van der Waals surface area contributed by atoms with E-state index in [1.165, 1.54) is 18.2 Å². The van der Waals surface area contributed by atoms with Gasteiger partial charge in [0.25, 0.3) is 0 Å². The van der Waals surface area contributed by atoms with Gasteiger partial charge in [0, 0.05) is 11.3 Å². The number of aliphatic carboxylic acids is 1. The van der Waals surface area contributed by atoms with Gasteiger partial charge in [-0.2, -0.15) is 0 Å². The number of aromatic hydroxyl groups is 1. The fourth-order valence-corrected chi connectivity index (χ4v) is 5.36. The zero-order valence-corrected chi connectivity index (χ0v) is 16.4. The number of hydroxylamine groups is 1. The maximum absolute atomic E-state index is 13.0. The molecule has 0 aromatic heterocycles. The van der Waals surface area contributed by atoms with Crippen LogP contribution in [0.25, 0.3) is 0 Å². The second-order valence-corrected chi connectivity index (χ2v) is 8.29. The van der Waals surface area contributed by atoms with Crippen LogP contribution in [0.2, 0.25) is 0 Å². The van der Waals surface area contributed by atoms with Crippen molar-refractivity contribution in [2.75, 3.05) is 6.54 Å². The molecular formula is C19H22N3O9+. The molecule has 1 aromatic rings. The molecule has 166 valence electrons. The zero-order valence-electron chi connectivity index (χ0n) is 16.4. The van der Waals surface area contributed by atoms with Crippen molar-refractivity contribution >= 4 is 17.8 Å². The van der Waals surface area contributed by atoms with Crippen LogP contribution in [0.1, 0.15) is 41.6 Å². The van der Waals surface area contributed by atoms with Crippen molar-refractivity contribution in [3.63, 3.8) is 0 Å². The molecule has 4 N–H and O–H groups in total. The molecule has 12 nitrogen and oxygen atoms in total. The molecule has 2 saturated heterocycles. The predicted octanol–water partition coefficient (Wildman–Crippen LogP) is 0.467. The maximum atomic E-state index is 13.0. The molecule has 2 heterocycles. The number of nitrogens with zero attached hydrogens (tertiary/aromatic N) is 2. The number of rotatable bonds is 7. The van der Waals surface area contributed by atoms with Gasteiger partial charge in [-0.3, -0.25) is 19.7 Å². The lowest BCUT2D eigenvalue weighted by atomic mass is 9.75. The Labute approximate surface area is 175 Å². The Hall–Kier alpha value is -3.09. The van der Waals surface area contributed by atoms with E-state index in [2.05, 4.69) is 5.48 Å². The summed E-state index contributed by atoms with van der Waals surface area (Å²) in [6, 6.07) is 2.77. The van der Waals surface area contributed by atoms with Gasteiger partial charge in [0.15, 0.2) is 6.17 Å². The minimum Gasteiger partial charge on any atom is -0.508 e. The summed E-state index contributed by atoms with van der Waals surface area (Å²) < 4.78 is -0.208. The van der Waals surface area contributed by atoms with Crippen molar-refractivity contribution in [3.05, 3.63) is 39.4 Å². The summed E-state index contributed by atoms with van der Waals surface area (Å²) in [6.07, 6.45) is -0.0296. The Morgan fingerprint density at radius 2 is 2.03 bits per heavy atom. The van der Waals surface area contributed by atoms with Crippen molar-refractivity contribution in [2.45, 2.75) is 50.0 Å². The standard InChI is InChI=1S/C19H21N3O9/c23-12-2-3-13(16(24)25)10(7-12)9-31-20-15-5-6-22(15)18(28)19(22)8-11(21(29)30)1-4-14(19)17(26)27/h2-3,7,11,14-15,20H,1,4-6,8-9H2,(H2-,23,24,25,26,27)/p+1. The number of hydrogen-bond donors (Lipinski definition) is 4. The lowest BCUT2D eigenvalue weighted by molar-refractivity contribution is -0.881. The molecule has 0 radical (unpaired) electrons. The first-order valence-corrected chi connectivity index (χ1v) is 9.87. The predicted molar refractivity (Wildman–Crippen MR) is 100 cm³/mol. The van der Waals surface area contributed by atoms with E-state index in [4.69, 9.17) is 4.84 Å². The summed E-state index contributed by atoms with van der Waals surface area (Å²) in [5, 5.41) is 39.8. The van der Waals surface area contributed by atoms with Crippen LogP contribution in [0.5, 0.6) is 5.75 Å². The van der Waals surface area contributed by atoms with Gasteiger partial charge in [-0.05, 0) is 30.2 Å². The van der Waals surface area contributed by atoms with Crippen LogP contribution in [0, 0.1) is 16.0 Å². The summed E-state index contributed by atoms with van der Waals surface area (Å²) >= 11 is 0. The number of fused-ring (bicyclic) bond motifs is 1. The molecule has 1 amide bonds. The monoisotopic (exact) mass is 436 g/mol. The molecule has 5 atom stereocenters. The Kier molecular flexibility index (Phi) is 4.95. The lowest BCUT2D eigenvalue weighted by Crippen LogP contribution is -2.65. The first-order valence-electron chi connectivity index (χ1n) is 9.87. The highest BCUT2D eigenvalue weighted by Gasteiger charge is 2.91. The number of phenolic OH excluding ortho intramolecular Hbond substituents is 1. The average molecular weight is 436 g/mol. The van der Waals surface area contributed by atoms with Crippen molar-refractivity contribution in [1.82, 2.24) is 5.48 Å². The van der Waals surface area contributed by atoms with Crippen molar-refractivity contribution in [3.8, 4) is 5.75 Å². The topological polar surface area (TPSA) is 176 Å². The summed E-state index contributed by atoms with van der Waals surface area (Å²) in [4.78, 5) is 52.5. The molecular weight excluding hydrogens is 414 g/mol. The quantitative estimate of drug-likeness (QED) is 0.203. The van der Waals surface area contributed by atoms with E-state index in [9.17, 15) is 39.8 Å². The Bertz CT molecular complexity index is 982. The van der Waals surface area contributed by atoms with Crippen LogP contribution in [0.15, 0.2) is 18.2 Å². The number of aromatic carboxylic acids is 1. The van der Waals surface area contributed by atoms with Gasteiger partial charge in [-0.15, -0.1) is 5.48 Å². The minimum atomic E-state index is -1.33. The van der Waals surface area contributed by atoms with Gasteiger partial charge in [0.05, 0.1) is 31.6 Å². The molecule has 2 spiro atoms. The molecule has 4 rings (SSSR count). The number of hydrogen-bond acceptors (Lipinski definition) is 8. The SMILES string of the molecule is O=C(O)c1ccc(O)cc1CONC1CC[N+]12C(=O)C21CC([N+](=O)[O-])CCC1C(=O)O. The minimum absolute atomic E-state index is 0.0524. The smallest absolute Gasteiger partial charge is 0.378 e. The van der Waals surface area contributed by atoms with Gasteiger partial charge in [-0.25, -0.2) is 14.1 Å². The van der Waals surface area contributed by atoms with E-state index in [1.807, 2.05) is 0 Å². The van der Waals surface area contributed by atoms with E-state index < -0.39 is 40.5 Å². The summed E-state index contributed by atoms with van der Waals surface area (Å²) in [7, 11) is 0. The lowest BCUT2D eigenvalue weighted by Gasteiger charge is -2.41. The van der Waals surface area contributed by atoms with Gasteiger partial charge in [-0.1, -0.05) is 0 Å². The second kappa shape index (κ2) is 7.25. The van der Waals surface area contributed by atoms with Crippen LogP contribution in [0.4, 0.5) is 0 Å². The second-order valence-electron chi connectivity index (χ2n) is 8.29. The highest BCUT2D eigenvalue weighted by molar-refractivity contribution is 5.98. The summed E-state index contributed by atoms with van der Waals surface area (Å²) in [6.45, 7) is 0.147. The third-order valence-electron chi connectivity index (χ3n) is 6.96. The molecule has 1 aromatic carbocycles. The molecule has 1 aliphatic carbocycles.